The van der Waals surface area contributed by atoms with Gasteiger partial charge >= 0.3 is 0 Å². The lowest BCUT2D eigenvalue weighted by molar-refractivity contribution is 0.510. The molecule has 0 N–H and O–H groups in total. The molecule has 0 aromatic carbocycles. The van der Waals surface area contributed by atoms with Crippen LogP contribution in [0.15, 0.2) is 0 Å². The lowest BCUT2D eigenvalue weighted by atomic mass is 10.1. The summed E-state index contributed by atoms with van der Waals surface area (Å²) < 4.78 is 4.18. The van der Waals surface area contributed by atoms with Gasteiger partial charge in [-0.1, -0.05) is 44.2 Å². The molecule has 86 valence electrons. The SMILES string of the molecule is CCCCCCCCn1nnc(I)c1I. The maximum Gasteiger partial charge on any atom is 0.157 e. The molecule has 0 unspecified atom stereocenters. The fourth-order valence-corrected chi connectivity index (χ4v) is 2.29. The average molecular weight is 433 g/mol. The minimum Gasteiger partial charge on any atom is -0.238 e. The van der Waals surface area contributed by atoms with E-state index in [9.17, 15) is 0 Å². The Labute approximate surface area is 119 Å². The smallest absolute Gasteiger partial charge is 0.157 e. The van der Waals surface area contributed by atoms with Gasteiger partial charge in [0.25, 0.3) is 0 Å². The van der Waals surface area contributed by atoms with Crippen LogP contribution in [-0.2, 0) is 6.54 Å². The molecule has 0 saturated carbocycles. The summed E-state index contributed by atoms with van der Waals surface area (Å²) in [5.41, 5.74) is 0. The van der Waals surface area contributed by atoms with Gasteiger partial charge in [0.05, 0.1) is 0 Å². The summed E-state index contributed by atoms with van der Waals surface area (Å²) in [4.78, 5) is 0. The maximum absolute atomic E-state index is 4.10. The van der Waals surface area contributed by atoms with Gasteiger partial charge in [-0.3, -0.25) is 0 Å². The zero-order chi connectivity index (χ0) is 11.1. The molecule has 1 aromatic rings. The Morgan fingerprint density at radius 2 is 1.73 bits per heavy atom. The number of aromatic nitrogens is 3. The van der Waals surface area contributed by atoms with Crippen LogP contribution in [-0.4, -0.2) is 15.0 Å². The van der Waals surface area contributed by atoms with E-state index < -0.39 is 0 Å². The van der Waals surface area contributed by atoms with Crippen molar-refractivity contribution in [1.29, 1.82) is 0 Å². The third-order valence-electron chi connectivity index (χ3n) is 2.36. The van der Waals surface area contributed by atoms with Crippen molar-refractivity contribution < 1.29 is 0 Å². The second kappa shape index (κ2) is 7.81. The van der Waals surface area contributed by atoms with Crippen molar-refractivity contribution in [3.05, 3.63) is 7.40 Å². The van der Waals surface area contributed by atoms with E-state index in [1.165, 1.54) is 42.2 Å². The first kappa shape index (κ1) is 13.7. The molecule has 15 heavy (non-hydrogen) atoms. The zero-order valence-electron chi connectivity index (χ0n) is 9.05. The van der Waals surface area contributed by atoms with E-state index in [-0.39, 0.29) is 0 Å². The number of aryl methyl sites for hydroxylation is 1. The molecular weight excluding hydrogens is 416 g/mol. The van der Waals surface area contributed by atoms with Gasteiger partial charge in [0.15, 0.2) is 3.70 Å². The first-order valence-corrected chi connectivity index (χ1v) is 7.66. The van der Waals surface area contributed by atoms with Gasteiger partial charge in [-0.2, -0.15) is 0 Å². The van der Waals surface area contributed by atoms with E-state index in [0.717, 1.165) is 10.2 Å². The number of halogens is 2. The highest BCUT2D eigenvalue weighted by Gasteiger charge is 2.05. The molecule has 0 aliphatic rings. The molecule has 0 fully saturated rings. The second-order valence-electron chi connectivity index (χ2n) is 3.66. The molecule has 1 rings (SSSR count). The molecular formula is C10H17I2N3. The fourth-order valence-electron chi connectivity index (χ4n) is 1.47. The molecule has 0 radical (unpaired) electrons. The van der Waals surface area contributed by atoms with Crippen LogP contribution >= 0.6 is 45.2 Å². The van der Waals surface area contributed by atoms with Crippen LogP contribution in [0.1, 0.15) is 45.4 Å². The van der Waals surface area contributed by atoms with Crippen LogP contribution in [0.4, 0.5) is 0 Å². The molecule has 3 nitrogen and oxygen atoms in total. The van der Waals surface area contributed by atoms with E-state index in [4.69, 9.17) is 0 Å². The monoisotopic (exact) mass is 433 g/mol. The highest BCUT2D eigenvalue weighted by molar-refractivity contribution is 14.1. The van der Waals surface area contributed by atoms with E-state index in [2.05, 4.69) is 62.4 Å². The van der Waals surface area contributed by atoms with Crippen LogP contribution < -0.4 is 0 Å². The van der Waals surface area contributed by atoms with Gasteiger partial charge in [0.1, 0.15) is 3.70 Å². The summed E-state index contributed by atoms with van der Waals surface area (Å²) in [6.07, 6.45) is 7.96. The highest BCUT2D eigenvalue weighted by atomic mass is 127. The lowest BCUT2D eigenvalue weighted by Crippen LogP contribution is -2.02. The second-order valence-corrected chi connectivity index (χ2v) is 5.71. The van der Waals surface area contributed by atoms with Crippen molar-refractivity contribution in [3.8, 4) is 0 Å². The van der Waals surface area contributed by atoms with Gasteiger partial charge in [-0.05, 0) is 51.6 Å². The predicted octanol–water partition coefficient (Wildman–Crippen LogP) is 3.85. The van der Waals surface area contributed by atoms with E-state index in [1.807, 2.05) is 4.68 Å². The van der Waals surface area contributed by atoms with Crippen molar-refractivity contribution in [2.45, 2.75) is 52.0 Å². The molecule has 0 amide bonds. The normalized spacial score (nSPS) is 10.9. The van der Waals surface area contributed by atoms with Crippen molar-refractivity contribution >= 4 is 45.2 Å². The summed E-state index contributed by atoms with van der Waals surface area (Å²) in [5, 5.41) is 8.14. The number of hydrogen-bond acceptors (Lipinski definition) is 2. The number of nitrogens with zero attached hydrogens (tertiary/aromatic N) is 3. The molecule has 0 atom stereocenters. The van der Waals surface area contributed by atoms with Crippen LogP contribution in [0.5, 0.6) is 0 Å². The quantitative estimate of drug-likeness (QED) is 0.484. The summed E-state index contributed by atoms with van der Waals surface area (Å²) in [7, 11) is 0. The third-order valence-corrected chi connectivity index (χ3v) is 5.19. The Balaban J connectivity index is 2.12. The van der Waals surface area contributed by atoms with Crippen molar-refractivity contribution in [2.24, 2.45) is 0 Å². The Kier molecular flexibility index (Phi) is 7.11. The van der Waals surface area contributed by atoms with Gasteiger partial charge < -0.3 is 0 Å². The molecule has 0 spiro atoms. The molecule has 0 aliphatic heterocycles. The fraction of sp³-hybridized carbons (Fsp3) is 0.800. The molecule has 0 aliphatic carbocycles. The Bertz CT molecular complexity index is 286. The topological polar surface area (TPSA) is 30.7 Å². The average Bonchev–Trinajstić information content (AvgIpc) is 2.54. The highest BCUT2D eigenvalue weighted by Crippen LogP contribution is 2.12. The van der Waals surface area contributed by atoms with Crippen molar-refractivity contribution in [1.82, 2.24) is 15.0 Å². The predicted molar refractivity (Wildman–Crippen MR) is 78.8 cm³/mol. The Morgan fingerprint density at radius 1 is 1.07 bits per heavy atom. The minimum atomic E-state index is 1.01. The largest absolute Gasteiger partial charge is 0.238 e. The summed E-state index contributed by atoms with van der Waals surface area (Å²) in [6.45, 7) is 3.26. The lowest BCUT2D eigenvalue weighted by Gasteiger charge is -2.02. The molecule has 1 aromatic heterocycles. The minimum absolute atomic E-state index is 1.01. The Hall–Kier alpha value is 0.600. The first-order chi connectivity index (χ1) is 7.25. The van der Waals surface area contributed by atoms with Gasteiger partial charge in [-0.25, -0.2) is 4.68 Å². The number of rotatable bonds is 7. The van der Waals surface area contributed by atoms with E-state index in [1.54, 1.807) is 0 Å². The number of unbranched alkanes of at least 4 members (excludes halogenated alkanes) is 5. The molecule has 0 saturated heterocycles. The van der Waals surface area contributed by atoms with E-state index in [0.29, 0.717) is 0 Å². The third kappa shape index (κ3) is 4.97. The zero-order valence-corrected chi connectivity index (χ0v) is 13.4. The first-order valence-electron chi connectivity index (χ1n) is 5.50. The molecule has 5 heteroatoms. The van der Waals surface area contributed by atoms with Gasteiger partial charge in [-0.15, -0.1) is 5.10 Å². The van der Waals surface area contributed by atoms with Crippen molar-refractivity contribution in [2.75, 3.05) is 0 Å². The van der Waals surface area contributed by atoms with Crippen LogP contribution in [0.25, 0.3) is 0 Å². The molecule has 1 heterocycles. The summed E-state index contributed by atoms with van der Waals surface area (Å²) in [6, 6.07) is 0. The van der Waals surface area contributed by atoms with E-state index >= 15 is 0 Å². The van der Waals surface area contributed by atoms with Crippen molar-refractivity contribution in [3.63, 3.8) is 0 Å². The Morgan fingerprint density at radius 3 is 2.33 bits per heavy atom. The van der Waals surface area contributed by atoms with Crippen LogP contribution in [0.2, 0.25) is 0 Å². The standard InChI is InChI=1S/C10H17I2N3/c1-2-3-4-5-6-7-8-15-10(12)9(11)13-14-15/h2-8H2,1H3. The van der Waals surface area contributed by atoms with Crippen LogP contribution in [0, 0.1) is 7.40 Å². The maximum atomic E-state index is 4.10. The van der Waals surface area contributed by atoms with Crippen LogP contribution in [0.3, 0.4) is 0 Å². The summed E-state index contributed by atoms with van der Waals surface area (Å²) in [5.74, 6) is 0. The summed E-state index contributed by atoms with van der Waals surface area (Å²) >= 11 is 4.53. The molecule has 0 bridgehead atoms. The van der Waals surface area contributed by atoms with Gasteiger partial charge in [0.2, 0.25) is 0 Å². The number of hydrogen-bond donors (Lipinski definition) is 0. The van der Waals surface area contributed by atoms with Gasteiger partial charge in [0, 0.05) is 6.54 Å².